The van der Waals surface area contributed by atoms with E-state index in [2.05, 4.69) is 10.6 Å². The van der Waals surface area contributed by atoms with Crippen LogP contribution in [0.3, 0.4) is 0 Å². The van der Waals surface area contributed by atoms with Gasteiger partial charge in [-0.2, -0.15) is 0 Å². The van der Waals surface area contributed by atoms with Crippen molar-refractivity contribution < 1.29 is 18.3 Å². The molecule has 6 heteroatoms. The Labute approximate surface area is 116 Å². The van der Waals surface area contributed by atoms with Crippen molar-refractivity contribution in [2.45, 2.75) is 25.9 Å². The van der Waals surface area contributed by atoms with Crippen molar-refractivity contribution >= 4 is 11.6 Å². The molecule has 0 radical (unpaired) electrons. The molecule has 1 aliphatic heterocycles. The maximum atomic E-state index is 13.7. The van der Waals surface area contributed by atoms with Crippen LogP contribution in [0.15, 0.2) is 12.1 Å². The molecule has 20 heavy (non-hydrogen) atoms. The van der Waals surface area contributed by atoms with Crippen molar-refractivity contribution in [1.82, 2.24) is 5.32 Å². The van der Waals surface area contributed by atoms with Gasteiger partial charge in [-0.1, -0.05) is 6.07 Å². The molecule has 1 heterocycles. The Morgan fingerprint density at radius 2 is 2.10 bits per heavy atom. The zero-order valence-electron chi connectivity index (χ0n) is 11.3. The maximum Gasteiger partial charge on any atom is 0.250 e. The van der Waals surface area contributed by atoms with Crippen LogP contribution in [0.25, 0.3) is 0 Å². The van der Waals surface area contributed by atoms with Crippen molar-refractivity contribution in [2.75, 3.05) is 25.0 Å². The van der Waals surface area contributed by atoms with Crippen LogP contribution in [0.2, 0.25) is 0 Å². The van der Waals surface area contributed by atoms with Gasteiger partial charge in [0, 0.05) is 0 Å². The van der Waals surface area contributed by atoms with Gasteiger partial charge in [0.15, 0.2) is 5.82 Å². The summed E-state index contributed by atoms with van der Waals surface area (Å²) in [5.74, 6) is -2.09. The summed E-state index contributed by atoms with van der Waals surface area (Å²) < 4.78 is 32.6. The first-order valence-electron chi connectivity index (χ1n) is 6.64. The summed E-state index contributed by atoms with van der Waals surface area (Å²) in [4.78, 5) is 11.7. The van der Waals surface area contributed by atoms with Crippen LogP contribution in [0.4, 0.5) is 14.5 Å². The van der Waals surface area contributed by atoms with Crippen molar-refractivity contribution in [1.29, 1.82) is 0 Å². The smallest absolute Gasteiger partial charge is 0.250 e. The van der Waals surface area contributed by atoms with Gasteiger partial charge in [0.05, 0.1) is 6.10 Å². The third-order valence-corrected chi connectivity index (χ3v) is 3.28. The molecule has 1 aromatic carbocycles. The Hall–Kier alpha value is -1.53. The van der Waals surface area contributed by atoms with Gasteiger partial charge in [0.2, 0.25) is 0 Å². The van der Waals surface area contributed by atoms with Gasteiger partial charge in [-0.25, -0.2) is 8.78 Å². The summed E-state index contributed by atoms with van der Waals surface area (Å²) in [7, 11) is 0. The highest BCUT2D eigenvalue weighted by atomic mass is 19.1. The molecule has 1 saturated heterocycles. The van der Waals surface area contributed by atoms with Gasteiger partial charge >= 0.3 is 0 Å². The maximum absolute atomic E-state index is 13.7. The summed E-state index contributed by atoms with van der Waals surface area (Å²) in [6, 6.07) is 2.45. The van der Waals surface area contributed by atoms with Crippen molar-refractivity contribution in [3.63, 3.8) is 0 Å². The highest BCUT2D eigenvalue weighted by molar-refractivity contribution is 5.92. The predicted molar refractivity (Wildman–Crippen MR) is 71.6 cm³/mol. The van der Waals surface area contributed by atoms with Crippen LogP contribution < -0.4 is 10.6 Å². The molecule has 2 N–H and O–H groups in total. The number of amides is 1. The molecular weight excluding hydrogens is 266 g/mol. The molecule has 2 rings (SSSR count). The van der Waals surface area contributed by atoms with Crippen molar-refractivity contribution in [3.05, 3.63) is 29.3 Å². The minimum atomic E-state index is -0.789. The standard InChI is InChI=1S/C14H18F2N2O2/c1-9-2-3-11(15)14(13(9)16)18-12(19)8-20-10-4-6-17-7-5-10/h2-3,10,17H,4-8H2,1H3,(H,18,19). The molecule has 110 valence electrons. The van der Waals surface area contributed by atoms with Crippen molar-refractivity contribution in [3.8, 4) is 0 Å². The fourth-order valence-corrected chi connectivity index (χ4v) is 2.10. The quantitative estimate of drug-likeness (QED) is 0.889. The van der Waals surface area contributed by atoms with Crippen LogP contribution in [0.5, 0.6) is 0 Å². The van der Waals surface area contributed by atoms with E-state index >= 15 is 0 Å². The Morgan fingerprint density at radius 3 is 2.80 bits per heavy atom. The topological polar surface area (TPSA) is 50.4 Å². The third kappa shape index (κ3) is 3.74. The van der Waals surface area contributed by atoms with Gasteiger partial charge < -0.3 is 15.4 Å². The van der Waals surface area contributed by atoms with Crippen LogP contribution in [-0.2, 0) is 9.53 Å². The molecule has 0 aliphatic carbocycles. The first kappa shape index (κ1) is 14.9. The van der Waals surface area contributed by atoms with E-state index in [4.69, 9.17) is 4.74 Å². The zero-order chi connectivity index (χ0) is 14.5. The minimum Gasteiger partial charge on any atom is -0.368 e. The van der Waals surface area contributed by atoms with Crippen molar-refractivity contribution in [2.24, 2.45) is 0 Å². The van der Waals surface area contributed by atoms with Gasteiger partial charge in [0.1, 0.15) is 18.1 Å². The Kier molecular flexibility index (Phi) is 5.03. The van der Waals surface area contributed by atoms with Crippen LogP contribution in [-0.4, -0.2) is 31.7 Å². The molecule has 4 nitrogen and oxygen atoms in total. The lowest BCUT2D eigenvalue weighted by atomic mass is 10.1. The van der Waals surface area contributed by atoms with E-state index in [0.29, 0.717) is 0 Å². The molecule has 0 saturated carbocycles. The lowest BCUT2D eigenvalue weighted by molar-refractivity contribution is -0.123. The number of carbonyl (C=O) groups excluding carboxylic acids is 1. The summed E-state index contributed by atoms with van der Waals surface area (Å²) >= 11 is 0. The molecule has 0 spiro atoms. The monoisotopic (exact) mass is 284 g/mol. The predicted octanol–water partition coefficient (Wildman–Crippen LogP) is 1.98. The Bertz CT molecular complexity index is 488. The van der Waals surface area contributed by atoms with E-state index in [1.807, 2.05) is 0 Å². The van der Waals surface area contributed by atoms with Gasteiger partial charge in [-0.05, 0) is 44.5 Å². The second-order valence-electron chi connectivity index (χ2n) is 4.86. The normalized spacial score (nSPS) is 16.1. The summed E-state index contributed by atoms with van der Waals surface area (Å²) in [5, 5.41) is 5.41. The van der Waals surface area contributed by atoms with E-state index in [1.165, 1.54) is 13.0 Å². The van der Waals surface area contributed by atoms with Gasteiger partial charge in [-0.15, -0.1) is 0 Å². The number of nitrogens with one attached hydrogen (secondary N) is 2. The average Bonchev–Trinajstić information content (AvgIpc) is 2.46. The number of hydrogen-bond acceptors (Lipinski definition) is 3. The minimum absolute atomic E-state index is 0.0224. The van der Waals surface area contributed by atoms with E-state index in [9.17, 15) is 13.6 Å². The van der Waals surface area contributed by atoms with E-state index < -0.39 is 23.2 Å². The van der Waals surface area contributed by atoms with Crippen LogP contribution in [0.1, 0.15) is 18.4 Å². The molecule has 0 atom stereocenters. The zero-order valence-corrected chi connectivity index (χ0v) is 11.3. The summed E-state index contributed by atoms with van der Waals surface area (Å²) in [5.41, 5.74) is -0.134. The molecule has 1 fully saturated rings. The number of hydrogen-bond donors (Lipinski definition) is 2. The Morgan fingerprint density at radius 1 is 1.40 bits per heavy atom. The number of halogens is 2. The van der Waals surface area contributed by atoms with E-state index in [1.54, 1.807) is 0 Å². The first-order valence-corrected chi connectivity index (χ1v) is 6.64. The van der Waals surface area contributed by atoms with E-state index in [0.717, 1.165) is 32.0 Å². The second-order valence-corrected chi connectivity index (χ2v) is 4.86. The molecule has 0 unspecified atom stereocenters. The molecule has 1 aliphatic rings. The number of carbonyl (C=O) groups is 1. The number of aryl methyl sites for hydroxylation is 1. The second kappa shape index (κ2) is 6.76. The van der Waals surface area contributed by atoms with Gasteiger partial charge in [-0.3, -0.25) is 4.79 Å². The molecular formula is C14H18F2N2O2. The summed E-state index contributed by atoms with van der Waals surface area (Å²) in [6.45, 7) is 3.02. The molecule has 0 bridgehead atoms. The Balaban J connectivity index is 1.89. The number of benzene rings is 1. The summed E-state index contributed by atoms with van der Waals surface area (Å²) in [6.07, 6.45) is 1.69. The SMILES string of the molecule is Cc1ccc(F)c(NC(=O)COC2CCNCC2)c1F. The molecule has 1 aromatic rings. The lowest BCUT2D eigenvalue weighted by Gasteiger charge is -2.22. The average molecular weight is 284 g/mol. The van der Waals surface area contributed by atoms with Crippen LogP contribution >= 0.6 is 0 Å². The number of rotatable bonds is 4. The van der Waals surface area contributed by atoms with Gasteiger partial charge in [0.25, 0.3) is 5.91 Å². The van der Waals surface area contributed by atoms with E-state index in [-0.39, 0.29) is 18.3 Å². The van der Waals surface area contributed by atoms with Crippen LogP contribution in [0, 0.1) is 18.6 Å². The fraction of sp³-hybridized carbons (Fsp3) is 0.500. The fourth-order valence-electron chi connectivity index (χ4n) is 2.10. The highest BCUT2D eigenvalue weighted by Gasteiger charge is 2.17. The number of piperidine rings is 1. The molecule has 0 aromatic heterocycles. The number of ether oxygens (including phenoxy) is 1. The largest absolute Gasteiger partial charge is 0.368 e. The lowest BCUT2D eigenvalue weighted by Crippen LogP contribution is -2.34. The number of anilines is 1. The highest BCUT2D eigenvalue weighted by Crippen LogP contribution is 2.21. The first-order chi connectivity index (χ1) is 9.58. The molecule has 1 amide bonds. The third-order valence-electron chi connectivity index (χ3n) is 3.28.